The Morgan fingerprint density at radius 2 is 2.00 bits per heavy atom. The van der Waals surface area contributed by atoms with E-state index in [1.807, 2.05) is 30.5 Å². The fraction of sp³-hybridized carbons (Fsp3) is 0.111. The van der Waals surface area contributed by atoms with Gasteiger partial charge in [0, 0.05) is 22.8 Å². The predicted octanol–water partition coefficient (Wildman–Crippen LogP) is 3.18. The second-order valence-corrected chi connectivity index (χ2v) is 8.21. The number of aryl methyl sites for hydroxylation is 1. The van der Waals surface area contributed by atoms with E-state index in [4.69, 9.17) is 0 Å². The number of rotatable bonds is 2. The molecule has 0 saturated heterocycles. The number of fused-ring (bicyclic) bond motifs is 4. The van der Waals surface area contributed by atoms with Crippen LogP contribution >= 0.6 is 0 Å². The molecule has 1 aliphatic heterocycles. The van der Waals surface area contributed by atoms with E-state index in [-0.39, 0.29) is 5.75 Å². The van der Waals surface area contributed by atoms with Gasteiger partial charge in [0.25, 0.3) is 0 Å². The van der Waals surface area contributed by atoms with Crippen LogP contribution in [0.3, 0.4) is 0 Å². The molecule has 2 N–H and O–H groups in total. The van der Waals surface area contributed by atoms with Crippen molar-refractivity contribution in [2.45, 2.75) is 11.3 Å². The van der Waals surface area contributed by atoms with Gasteiger partial charge in [-0.3, -0.25) is 0 Å². The van der Waals surface area contributed by atoms with Gasteiger partial charge in [-0.25, -0.2) is 18.4 Å². The fourth-order valence-electron chi connectivity index (χ4n) is 3.44. The molecule has 2 aromatic heterocycles. The van der Waals surface area contributed by atoms with Crippen molar-refractivity contribution in [2.24, 2.45) is 0 Å². The number of anilines is 2. The van der Waals surface area contributed by atoms with Gasteiger partial charge in [-0.05, 0) is 47.7 Å². The highest BCUT2D eigenvalue weighted by molar-refractivity contribution is 7.91. The minimum atomic E-state index is -3.20. The smallest absolute Gasteiger partial charge is 0.179 e. The van der Waals surface area contributed by atoms with Crippen molar-refractivity contribution in [3.05, 3.63) is 54.5 Å². The van der Waals surface area contributed by atoms with Crippen LogP contribution in [0, 0.1) is 0 Å². The van der Waals surface area contributed by atoms with E-state index in [9.17, 15) is 8.42 Å². The van der Waals surface area contributed by atoms with Crippen LogP contribution in [0.25, 0.3) is 21.8 Å². The van der Waals surface area contributed by atoms with E-state index in [2.05, 4.69) is 20.3 Å². The molecule has 0 spiro atoms. The highest BCUT2D eigenvalue weighted by atomic mass is 32.2. The van der Waals surface area contributed by atoms with Crippen molar-refractivity contribution >= 4 is 43.1 Å². The van der Waals surface area contributed by atoms with Gasteiger partial charge < -0.3 is 10.3 Å². The van der Waals surface area contributed by atoms with Crippen LogP contribution in [0.15, 0.2) is 53.8 Å². The molecule has 5 rings (SSSR count). The topological polar surface area (TPSA) is 87.7 Å². The van der Waals surface area contributed by atoms with Gasteiger partial charge in [0.05, 0.1) is 16.2 Å². The SMILES string of the molecule is O=S1(=O)CCc2c1ccc1ncnc(Nc3ccc4cc[nH]c4c3)c21. The Morgan fingerprint density at radius 1 is 1.08 bits per heavy atom. The molecule has 1 aliphatic rings. The maximum atomic E-state index is 12.2. The zero-order valence-electron chi connectivity index (χ0n) is 13.2. The number of H-pyrrole nitrogens is 1. The number of hydrogen-bond acceptors (Lipinski definition) is 5. The molecule has 3 heterocycles. The first-order valence-electron chi connectivity index (χ1n) is 7.95. The monoisotopic (exact) mass is 350 g/mol. The Labute approximate surface area is 143 Å². The molecule has 4 aromatic rings. The van der Waals surface area contributed by atoms with Crippen molar-refractivity contribution in [1.29, 1.82) is 0 Å². The van der Waals surface area contributed by atoms with Crippen LogP contribution in [0.5, 0.6) is 0 Å². The minimum Gasteiger partial charge on any atom is -0.361 e. The summed E-state index contributed by atoms with van der Waals surface area (Å²) in [7, 11) is -3.20. The normalized spacial score (nSPS) is 15.5. The zero-order chi connectivity index (χ0) is 17.0. The molecule has 25 heavy (non-hydrogen) atoms. The maximum absolute atomic E-state index is 12.2. The van der Waals surface area contributed by atoms with Crippen LogP contribution < -0.4 is 5.32 Å². The number of nitrogens with one attached hydrogen (secondary N) is 2. The lowest BCUT2D eigenvalue weighted by Gasteiger charge is -2.11. The highest BCUT2D eigenvalue weighted by Crippen LogP contribution is 2.35. The molecule has 2 aromatic carbocycles. The van der Waals surface area contributed by atoms with Crippen LogP contribution in [0.4, 0.5) is 11.5 Å². The molecule has 0 saturated carbocycles. The third-order valence-corrected chi connectivity index (χ3v) is 6.44. The number of aromatic nitrogens is 3. The third kappa shape index (κ3) is 2.20. The Morgan fingerprint density at radius 3 is 2.92 bits per heavy atom. The standard InChI is InChI=1S/C18H14N4O2S/c23-25(24)8-6-13-16(25)4-3-14-17(13)18(21-10-20-14)22-12-2-1-11-5-7-19-15(11)9-12/h1-5,7,9-10,19H,6,8H2,(H,20,21,22). The largest absolute Gasteiger partial charge is 0.361 e. The number of benzene rings is 2. The van der Waals surface area contributed by atoms with E-state index in [0.29, 0.717) is 17.1 Å². The number of nitrogens with zero attached hydrogens (tertiary/aromatic N) is 2. The van der Waals surface area contributed by atoms with Gasteiger partial charge in [0.15, 0.2) is 9.84 Å². The van der Waals surface area contributed by atoms with E-state index in [1.54, 1.807) is 12.1 Å². The average Bonchev–Trinajstić information content (AvgIpc) is 3.19. The van der Waals surface area contributed by atoms with E-state index < -0.39 is 9.84 Å². The maximum Gasteiger partial charge on any atom is 0.179 e. The summed E-state index contributed by atoms with van der Waals surface area (Å²) in [6, 6.07) is 11.4. The van der Waals surface area contributed by atoms with E-state index in [0.717, 1.165) is 33.1 Å². The molecule has 0 atom stereocenters. The van der Waals surface area contributed by atoms with Crippen LogP contribution in [0.2, 0.25) is 0 Å². The van der Waals surface area contributed by atoms with Crippen molar-refractivity contribution in [2.75, 3.05) is 11.1 Å². The molecule has 0 fully saturated rings. The molecule has 6 nitrogen and oxygen atoms in total. The first kappa shape index (κ1) is 14.4. The summed E-state index contributed by atoms with van der Waals surface area (Å²) in [6.07, 6.45) is 3.88. The summed E-state index contributed by atoms with van der Waals surface area (Å²) in [5.74, 6) is 0.773. The van der Waals surface area contributed by atoms with Crippen LogP contribution in [-0.2, 0) is 16.3 Å². The summed E-state index contributed by atoms with van der Waals surface area (Å²) >= 11 is 0. The van der Waals surface area contributed by atoms with Gasteiger partial charge in [-0.2, -0.15) is 0 Å². The third-order valence-electron chi connectivity index (χ3n) is 4.64. The van der Waals surface area contributed by atoms with Crippen molar-refractivity contribution in [3.63, 3.8) is 0 Å². The lowest BCUT2D eigenvalue weighted by atomic mass is 10.1. The quantitative estimate of drug-likeness (QED) is 0.580. The Hall–Kier alpha value is -2.93. The van der Waals surface area contributed by atoms with E-state index >= 15 is 0 Å². The average molecular weight is 350 g/mol. The summed E-state index contributed by atoms with van der Waals surface area (Å²) in [5.41, 5.74) is 3.46. The van der Waals surface area contributed by atoms with Crippen LogP contribution in [0.1, 0.15) is 5.56 Å². The van der Waals surface area contributed by atoms with Crippen LogP contribution in [-0.4, -0.2) is 29.1 Å². The molecule has 0 bridgehead atoms. The first-order valence-corrected chi connectivity index (χ1v) is 9.60. The molecule has 0 unspecified atom stereocenters. The lowest BCUT2D eigenvalue weighted by molar-refractivity contribution is 0.600. The second kappa shape index (κ2) is 5.03. The van der Waals surface area contributed by atoms with Crippen molar-refractivity contribution < 1.29 is 8.42 Å². The molecule has 0 amide bonds. The minimum absolute atomic E-state index is 0.143. The lowest BCUT2D eigenvalue weighted by Crippen LogP contribution is -2.00. The van der Waals surface area contributed by atoms with Gasteiger partial charge in [-0.15, -0.1) is 0 Å². The van der Waals surface area contributed by atoms with Gasteiger partial charge in [0.1, 0.15) is 12.1 Å². The van der Waals surface area contributed by atoms with Gasteiger partial charge >= 0.3 is 0 Å². The summed E-state index contributed by atoms with van der Waals surface area (Å²) in [6.45, 7) is 0. The second-order valence-electron chi connectivity index (χ2n) is 6.13. The first-order chi connectivity index (χ1) is 12.1. The molecule has 0 aliphatic carbocycles. The molecule has 0 radical (unpaired) electrons. The predicted molar refractivity (Wildman–Crippen MR) is 96.9 cm³/mol. The molecule has 7 heteroatoms. The Kier molecular flexibility index (Phi) is 2.90. The summed E-state index contributed by atoms with van der Waals surface area (Å²) in [4.78, 5) is 12.3. The Bertz CT molecular complexity index is 1240. The fourth-order valence-corrected chi connectivity index (χ4v) is 4.99. The van der Waals surface area contributed by atoms with Gasteiger partial charge in [-0.1, -0.05) is 6.07 Å². The van der Waals surface area contributed by atoms with E-state index in [1.165, 1.54) is 6.33 Å². The number of hydrogen-bond donors (Lipinski definition) is 2. The zero-order valence-corrected chi connectivity index (χ0v) is 14.0. The van der Waals surface area contributed by atoms with Crippen molar-refractivity contribution in [3.8, 4) is 0 Å². The molecular formula is C18H14N4O2S. The molecular weight excluding hydrogens is 336 g/mol. The number of aromatic amines is 1. The summed E-state index contributed by atoms with van der Waals surface area (Å²) < 4.78 is 24.4. The Balaban J connectivity index is 1.69. The summed E-state index contributed by atoms with van der Waals surface area (Å²) in [5, 5.41) is 5.23. The molecule has 124 valence electrons. The van der Waals surface area contributed by atoms with Gasteiger partial charge in [0.2, 0.25) is 0 Å². The van der Waals surface area contributed by atoms with Crippen molar-refractivity contribution in [1.82, 2.24) is 15.0 Å². The number of sulfone groups is 1. The highest BCUT2D eigenvalue weighted by Gasteiger charge is 2.29.